The molecular formula is C17H24FNO3. The van der Waals surface area contributed by atoms with Crippen molar-refractivity contribution >= 4 is 5.97 Å². The zero-order valence-corrected chi connectivity index (χ0v) is 13.0. The maximum Gasteiger partial charge on any atom is 0.320 e. The highest BCUT2D eigenvalue weighted by Gasteiger charge is 2.27. The van der Waals surface area contributed by atoms with Crippen LogP contribution >= 0.6 is 0 Å². The number of carbonyl (C=O) groups excluding carboxylic acids is 1. The lowest BCUT2D eigenvalue weighted by Crippen LogP contribution is -2.40. The summed E-state index contributed by atoms with van der Waals surface area (Å²) in [7, 11) is 0. The zero-order valence-electron chi connectivity index (χ0n) is 13.0. The van der Waals surface area contributed by atoms with Crippen LogP contribution in [0.15, 0.2) is 24.3 Å². The summed E-state index contributed by atoms with van der Waals surface area (Å²) in [4.78, 5) is 13.8. The fourth-order valence-electron chi connectivity index (χ4n) is 3.00. The summed E-state index contributed by atoms with van der Waals surface area (Å²) in [5.74, 6) is -0.587. The van der Waals surface area contributed by atoms with E-state index in [1.54, 1.807) is 19.1 Å². The topological polar surface area (TPSA) is 49.8 Å². The van der Waals surface area contributed by atoms with Crippen LogP contribution in [0.3, 0.4) is 0 Å². The van der Waals surface area contributed by atoms with Crippen molar-refractivity contribution in [3.63, 3.8) is 0 Å². The Hall–Kier alpha value is -1.46. The number of esters is 1. The van der Waals surface area contributed by atoms with E-state index >= 15 is 0 Å². The molecule has 22 heavy (non-hydrogen) atoms. The lowest BCUT2D eigenvalue weighted by Gasteiger charge is -2.30. The minimum Gasteiger partial charge on any atom is -0.465 e. The molecule has 0 saturated heterocycles. The van der Waals surface area contributed by atoms with E-state index in [1.807, 2.05) is 4.90 Å². The first-order valence-electron chi connectivity index (χ1n) is 7.93. The SMILES string of the molecule is CCOC(=O)CN(CC(O)c1ccc(F)cc1)C1CCCC1. The maximum atomic E-state index is 13.0. The van der Waals surface area contributed by atoms with Crippen LogP contribution in [0.1, 0.15) is 44.3 Å². The molecule has 1 fully saturated rings. The van der Waals surface area contributed by atoms with Gasteiger partial charge in [-0.3, -0.25) is 9.69 Å². The van der Waals surface area contributed by atoms with Gasteiger partial charge in [-0.1, -0.05) is 25.0 Å². The number of carbonyl (C=O) groups is 1. The number of hydrogen-bond donors (Lipinski definition) is 1. The van der Waals surface area contributed by atoms with Gasteiger partial charge in [-0.25, -0.2) is 4.39 Å². The van der Waals surface area contributed by atoms with E-state index < -0.39 is 6.10 Å². The first kappa shape index (κ1) is 16.9. The number of hydrogen-bond acceptors (Lipinski definition) is 4. The molecule has 0 aliphatic heterocycles. The Morgan fingerprint density at radius 2 is 2.00 bits per heavy atom. The summed E-state index contributed by atoms with van der Waals surface area (Å²) < 4.78 is 18.0. The summed E-state index contributed by atoms with van der Waals surface area (Å²) >= 11 is 0. The normalized spacial score (nSPS) is 16.9. The van der Waals surface area contributed by atoms with Crippen molar-refractivity contribution in [1.82, 2.24) is 4.90 Å². The second-order valence-corrected chi connectivity index (χ2v) is 5.74. The molecule has 122 valence electrons. The Bertz CT molecular complexity index is 471. The minimum atomic E-state index is -0.740. The van der Waals surface area contributed by atoms with E-state index in [9.17, 15) is 14.3 Å². The third-order valence-corrected chi connectivity index (χ3v) is 4.14. The van der Waals surface area contributed by atoms with Crippen molar-refractivity contribution in [3.05, 3.63) is 35.6 Å². The van der Waals surface area contributed by atoms with Gasteiger partial charge in [0.1, 0.15) is 5.82 Å². The van der Waals surface area contributed by atoms with Crippen molar-refractivity contribution in [2.45, 2.75) is 44.8 Å². The van der Waals surface area contributed by atoms with Gasteiger partial charge in [0, 0.05) is 12.6 Å². The van der Waals surface area contributed by atoms with Gasteiger partial charge in [-0.15, -0.1) is 0 Å². The van der Waals surface area contributed by atoms with Gasteiger partial charge in [0.25, 0.3) is 0 Å². The molecule has 1 N–H and O–H groups in total. The molecular weight excluding hydrogens is 285 g/mol. The zero-order chi connectivity index (χ0) is 15.9. The van der Waals surface area contributed by atoms with Crippen LogP contribution in [0.4, 0.5) is 4.39 Å². The third kappa shape index (κ3) is 4.78. The Balaban J connectivity index is 2.01. The molecule has 1 aromatic rings. The van der Waals surface area contributed by atoms with Crippen molar-refractivity contribution in [1.29, 1.82) is 0 Å². The van der Waals surface area contributed by atoms with Gasteiger partial charge in [0.15, 0.2) is 0 Å². The molecule has 1 saturated carbocycles. The monoisotopic (exact) mass is 309 g/mol. The van der Waals surface area contributed by atoms with Crippen molar-refractivity contribution in [2.75, 3.05) is 19.7 Å². The van der Waals surface area contributed by atoms with Crippen LogP contribution < -0.4 is 0 Å². The molecule has 0 heterocycles. The highest BCUT2D eigenvalue weighted by atomic mass is 19.1. The largest absolute Gasteiger partial charge is 0.465 e. The predicted octanol–water partition coefficient (Wildman–Crippen LogP) is 2.67. The third-order valence-electron chi connectivity index (χ3n) is 4.14. The first-order valence-corrected chi connectivity index (χ1v) is 7.93. The number of aliphatic hydroxyl groups excluding tert-OH is 1. The Morgan fingerprint density at radius 3 is 2.59 bits per heavy atom. The van der Waals surface area contributed by atoms with Crippen LogP contribution in [-0.2, 0) is 9.53 Å². The molecule has 1 aliphatic carbocycles. The lowest BCUT2D eigenvalue weighted by atomic mass is 10.1. The summed E-state index contributed by atoms with van der Waals surface area (Å²) in [6.07, 6.45) is 3.63. The van der Waals surface area contributed by atoms with Crippen LogP contribution in [-0.4, -0.2) is 41.7 Å². The molecule has 0 aromatic heterocycles. The fourth-order valence-corrected chi connectivity index (χ4v) is 3.00. The van der Waals surface area contributed by atoms with E-state index in [2.05, 4.69) is 0 Å². The number of ether oxygens (including phenoxy) is 1. The molecule has 1 aliphatic rings. The van der Waals surface area contributed by atoms with Gasteiger partial charge in [-0.05, 0) is 37.5 Å². The van der Waals surface area contributed by atoms with Crippen LogP contribution in [0.25, 0.3) is 0 Å². The quantitative estimate of drug-likeness (QED) is 0.787. The molecule has 1 unspecified atom stereocenters. The summed E-state index contributed by atoms with van der Waals surface area (Å²) in [6.45, 7) is 2.69. The highest BCUT2D eigenvalue weighted by molar-refractivity contribution is 5.71. The summed E-state index contributed by atoms with van der Waals surface area (Å²) in [5.41, 5.74) is 0.660. The van der Waals surface area contributed by atoms with E-state index in [0.29, 0.717) is 24.8 Å². The second kappa shape index (κ2) is 8.25. The fraction of sp³-hybridized carbons (Fsp3) is 0.588. The van der Waals surface area contributed by atoms with E-state index in [1.165, 1.54) is 12.1 Å². The smallest absolute Gasteiger partial charge is 0.320 e. The molecule has 4 nitrogen and oxygen atoms in total. The van der Waals surface area contributed by atoms with Gasteiger partial charge in [0.05, 0.1) is 19.3 Å². The Kier molecular flexibility index (Phi) is 6.34. The van der Waals surface area contributed by atoms with Gasteiger partial charge >= 0.3 is 5.97 Å². The lowest BCUT2D eigenvalue weighted by molar-refractivity contribution is -0.145. The van der Waals surface area contributed by atoms with Crippen molar-refractivity contribution < 1.29 is 19.0 Å². The number of nitrogens with zero attached hydrogens (tertiary/aromatic N) is 1. The molecule has 0 spiro atoms. The van der Waals surface area contributed by atoms with Crippen molar-refractivity contribution in [3.8, 4) is 0 Å². The van der Waals surface area contributed by atoms with E-state index in [-0.39, 0.29) is 18.3 Å². The molecule has 0 amide bonds. The number of aliphatic hydroxyl groups is 1. The van der Waals surface area contributed by atoms with Crippen molar-refractivity contribution in [2.24, 2.45) is 0 Å². The van der Waals surface area contributed by atoms with Crippen LogP contribution in [0.5, 0.6) is 0 Å². The molecule has 2 rings (SSSR count). The van der Waals surface area contributed by atoms with E-state index in [4.69, 9.17) is 4.74 Å². The highest BCUT2D eigenvalue weighted by Crippen LogP contribution is 2.25. The standard InChI is InChI=1S/C17H24FNO3/c1-2-22-17(21)12-19(15-5-3-4-6-15)11-16(20)13-7-9-14(18)10-8-13/h7-10,15-16,20H,2-6,11-12H2,1H3. The first-order chi connectivity index (χ1) is 10.6. The predicted molar refractivity (Wildman–Crippen MR) is 81.8 cm³/mol. The number of halogens is 1. The summed E-state index contributed by atoms with van der Waals surface area (Å²) in [6, 6.07) is 6.14. The molecule has 1 aromatic carbocycles. The molecule has 1 atom stereocenters. The molecule has 0 bridgehead atoms. The number of benzene rings is 1. The van der Waals surface area contributed by atoms with Crippen LogP contribution in [0.2, 0.25) is 0 Å². The molecule has 5 heteroatoms. The Morgan fingerprint density at radius 1 is 1.36 bits per heavy atom. The average molecular weight is 309 g/mol. The minimum absolute atomic E-state index is 0.191. The maximum absolute atomic E-state index is 13.0. The van der Waals surface area contributed by atoms with Crippen LogP contribution in [0, 0.1) is 5.82 Å². The van der Waals surface area contributed by atoms with Gasteiger partial charge in [-0.2, -0.15) is 0 Å². The second-order valence-electron chi connectivity index (χ2n) is 5.74. The summed E-state index contributed by atoms with van der Waals surface area (Å²) in [5, 5.41) is 10.4. The van der Waals surface area contributed by atoms with Gasteiger partial charge in [0.2, 0.25) is 0 Å². The Labute approximate surface area is 130 Å². The average Bonchev–Trinajstić information content (AvgIpc) is 3.01. The molecule has 0 radical (unpaired) electrons. The van der Waals surface area contributed by atoms with E-state index in [0.717, 1.165) is 25.7 Å². The van der Waals surface area contributed by atoms with Gasteiger partial charge < -0.3 is 9.84 Å². The number of rotatable bonds is 7.